The summed E-state index contributed by atoms with van der Waals surface area (Å²) in [6.07, 6.45) is 40.3. The molecule has 0 radical (unpaired) electrons. The van der Waals surface area contributed by atoms with Crippen molar-refractivity contribution in [1.29, 1.82) is 0 Å². The average Bonchev–Trinajstić information content (AvgIpc) is 1.60. The van der Waals surface area contributed by atoms with Crippen LogP contribution in [0.15, 0.2) is 183 Å². The van der Waals surface area contributed by atoms with Gasteiger partial charge in [-0.2, -0.15) is 22.8 Å². The summed E-state index contributed by atoms with van der Waals surface area (Å²) in [6.45, 7) is 25.9. The molecule has 7 fully saturated rings. The highest BCUT2D eigenvalue weighted by Gasteiger charge is 2.38. The summed E-state index contributed by atoms with van der Waals surface area (Å²) < 4.78 is 66.7. The average molecular weight is 1470 g/mol. The van der Waals surface area contributed by atoms with Gasteiger partial charge in [0.25, 0.3) is 0 Å². The Hall–Kier alpha value is -8.63. The van der Waals surface area contributed by atoms with E-state index in [1.807, 2.05) is 0 Å². The number of nitrogens with zero attached hydrogens (tertiary/aromatic N) is 10. The van der Waals surface area contributed by atoms with Gasteiger partial charge in [-0.15, -0.1) is 0 Å². The van der Waals surface area contributed by atoms with Gasteiger partial charge in [0.2, 0.25) is 31.5 Å². The van der Waals surface area contributed by atoms with Gasteiger partial charge in [-0.3, -0.25) is 0 Å². The van der Waals surface area contributed by atoms with Crippen LogP contribution in [-0.4, -0.2) is 22.8 Å². The van der Waals surface area contributed by atoms with Crippen LogP contribution >= 0.6 is 0 Å². The molecule has 0 atom stereocenters. The van der Waals surface area contributed by atoms with Gasteiger partial charge in [-0.1, -0.05) is 153 Å². The van der Waals surface area contributed by atoms with Crippen LogP contribution in [0.2, 0.25) is 0 Å². The molecule has 0 aliphatic heterocycles. The standard InChI is InChI=1S/C22H31N2.C22H25N2.C21H29N2.2C17H23N2/c2*1-17-10-6-9-15-21(17)23-16-24(20-13-7-8-14-20)22(18(23)2)19-11-4-3-5-12-19;1-16-9-3-8-14-20(16)22-15-23(19-12-6-7-13-19)21(17(22)2)18-10-4-5-11-18;2*1-13-8-4-7-11-17(13)19-12-18(14(2)15(19)3)16-9-5-6-10-16/h6,9-10,15-16,19-20H,3-5,7-8,11-14H2,1-2H3;3-6,9-12,15-16,20H,7-8,13-14H2,1-2H3;3,8-9,14-15,18-19H,4-7,10-13H2,1-2H3;2*4,7-8,11-12,16H,5-6,9-10H2,1-3H3/q5*+1/i2*16D;15D;2*12D. The number of aryl methyl sites for hydroxylation is 5. The maximum Gasteiger partial charge on any atom is 0.249 e. The van der Waals surface area contributed by atoms with Crippen molar-refractivity contribution in [1.82, 2.24) is 22.8 Å². The summed E-state index contributed by atoms with van der Waals surface area (Å²) in [5, 5.41) is 0. The van der Waals surface area contributed by atoms with E-state index in [9.17, 15) is 0 Å². The Kier molecular flexibility index (Phi) is 23.1. The highest BCUT2D eigenvalue weighted by molar-refractivity contribution is 5.61. The zero-order valence-electron chi connectivity index (χ0n) is 73.5. The zero-order valence-corrected chi connectivity index (χ0v) is 68.5. The number of imidazole rings is 5. The zero-order chi connectivity index (χ0) is 80.0. The highest BCUT2D eigenvalue weighted by Crippen LogP contribution is 2.43. The molecule has 0 spiro atoms. The van der Waals surface area contributed by atoms with Gasteiger partial charge in [0.1, 0.15) is 104 Å². The highest BCUT2D eigenvalue weighted by atomic mass is 15.2. The van der Waals surface area contributed by atoms with Gasteiger partial charge in [0.15, 0.2) is 18.2 Å². The first-order chi connectivity index (χ1) is 55.3. The van der Waals surface area contributed by atoms with E-state index in [0.29, 0.717) is 73.6 Å². The Morgan fingerprint density at radius 3 is 0.780 bits per heavy atom. The number of benzene rings is 6. The van der Waals surface area contributed by atoms with Crippen LogP contribution in [0.5, 0.6) is 0 Å². The fraction of sp³-hybridized carbons (Fsp3) is 0.485. The van der Waals surface area contributed by atoms with Gasteiger partial charge >= 0.3 is 0 Å². The number of para-hydroxylation sites is 5. The SMILES string of the molecule is [2H]c1n(C2CCCC2)c(-c2ccccc2)c(C)[n+]1-c1ccccc1C.[2H]c1n(C2CCCC2)c(C)c(C)[n+]1-c1ccccc1C.[2H]c1n(C2CCCC2)c(C)c(C)[n+]1-c1ccccc1C.[2H]c1n(C2CCCC2)c(C2CCCC2)c(C)[n+]1-c1ccccc1C.[2H]c1n(C2CCCC2)c(C2CCCCC2)c(C)[n+]1-c1ccccc1C. The summed E-state index contributed by atoms with van der Waals surface area (Å²) in [6, 6.07) is 55.1. The predicted molar refractivity (Wildman–Crippen MR) is 447 cm³/mol. The molecule has 0 N–H and O–H groups in total. The molecule has 5 aromatic heterocycles. The molecule has 7 aliphatic rings. The number of aromatic nitrogens is 10. The lowest BCUT2D eigenvalue weighted by molar-refractivity contribution is -0.603. The van der Waals surface area contributed by atoms with Crippen LogP contribution in [0, 0.1) is 83.1 Å². The smallest absolute Gasteiger partial charge is 0.231 e. The summed E-state index contributed by atoms with van der Waals surface area (Å²) in [5.41, 5.74) is 25.8. The molecule has 0 unspecified atom stereocenters. The van der Waals surface area contributed by atoms with E-state index in [1.165, 1.54) is 282 Å². The fourth-order valence-corrected chi connectivity index (χ4v) is 19.8. The van der Waals surface area contributed by atoms with Crippen molar-refractivity contribution in [2.24, 2.45) is 0 Å². The van der Waals surface area contributed by atoms with Gasteiger partial charge in [0, 0.05) is 65.9 Å². The number of hydrogen-bond donors (Lipinski definition) is 0. The van der Waals surface area contributed by atoms with Crippen LogP contribution in [0.3, 0.4) is 0 Å². The van der Waals surface area contributed by atoms with Crippen LogP contribution in [0.1, 0.15) is 314 Å². The first kappa shape index (κ1) is 70.7. The quantitative estimate of drug-likeness (QED) is 0.103. The summed E-state index contributed by atoms with van der Waals surface area (Å²) in [5.74, 6) is 1.30. The van der Waals surface area contributed by atoms with Crippen molar-refractivity contribution in [3.63, 3.8) is 0 Å². The Balaban J connectivity index is 0.000000118. The molecule has 7 saturated carbocycles. The lowest BCUT2D eigenvalue weighted by Crippen LogP contribution is -2.33. The first-order valence-corrected chi connectivity index (χ1v) is 42.7. The van der Waals surface area contributed by atoms with Crippen LogP contribution < -0.4 is 22.8 Å². The largest absolute Gasteiger partial charge is 0.249 e. The van der Waals surface area contributed by atoms with E-state index < -0.39 is 0 Å². The second kappa shape index (κ2) is 35.6. The molecule has 10 heteroatoms. The van der Waals surface area contributed by atoms with E-state index in [0.717, 1.165) is 22.8 Å². The van der Waals surface area contributed by atoms with Crippen molar-refractivity contribution in [2.45, 2.75) is 311 Å². The van der Waals surface area contributed by atoms with Crippen molar-refractivity contribution in [3.05, 3.63) is 262 Å². The minimum absolute atomic E-state index is 0.437. The van der Waals surface area contributed by atoms with Crippen LogP contribution in [0.25, 0.3) is 39.7 Å². The fourth-order valence-electron chi connectivity index (χ4n) is 19.8. The summed E-state index contributed by atoms with van der Waals surface area (Å²) >= 11 is 0. The van der Waals surface area contributed by atoms with E-state index in [2.05, 4.69) is 280 Å². The minimum Gasteiger partial charge on any atom is -0.231 e. The normalized spacial score (nSPS) is 18.1. The molecular weight excluding hydrogens is 1330 g/mol. The van der Waals surface area contributed by atoms with E-state index in [4.69, 9.17) is 6.85 Å². The molecule has 0 saturated heterocycles. The lowest BCUT2D eigenvalue weighted by Gasteiger charge is -2.22. The molecule has 109 heavy (non-hydrogen) atoms. The van der Waals surface area contributed by atoms with Gasteiger partial charge in [0.05, 0.1) is 0 Å². The number of rotatable bonds is 13. The molecule has 5 heterocycles. The second-order valence-electron chi connectivity index (χ2n) is 33.6. The molecule has 6 aromatic carbocycles. The Labute approximate surface area is 662 Å². The monoisotopic (exact) mass is 1470 g/mol. The molecule has 10 nitrogen and oxygen atoms in total. The Morgan fingerprint density at radius 1 is 0.239 bits per heavy atom. The third-order valence-electron chi connectivity index (χ3n) is 26.3. The molecule has 18 rings (SSSR count). The molecule has 0 bridgehead atoms. The molecular formula is C99H131N10+5. The lowest BCUT2D eigenvalue weighted by atomic mass is 9.86. The Morgan fingerprint density at radius 2 is 0.468 bits per heavy atom. The van der Waals surface area contributed by atoms with Crippen molar-refractivity contribution >= 4 is 0 Å². The maximum atomic E-state index is 9.05. The van der Waals surface area contributed by atoms with Crippen molar-refractivity contribution in [2.75, 3.05) is 0 Å². The van der Waals surface area contributed by atoms with E-state index in [-0.39, 0.29) is 0 Å². The maximum absolute atomic E-state index is 9.05. The molecule has 0 amide bonds. The van der Waals surface area contributed by atoms with Gasteiger partial charge in [-0.25, -0.2) is 22.8 Å². The predicted octanol–water partition coefficient (Wildman–Crippen LogP) is 23.5. The second-order valence-corrected chi connectivity index (χ2v) is 33.6. The van der Waals surface area contributed by atoms with Crippen molar-refractivity contribution < 1.29 is 29.7 Å². The van der Waals surface area contributed by atoms with Crippen LogP contribution in [-0.2, 0) is 0 Å². The molecule has 7 aliphatic carbocycles. The number of hydrogen-bond acceptors (Lipinski definition) is 0. The van der Waals surface area contributed by atoms with Crippen LogP contribution in [0.4, 0.5) is 0 Å². The Bertz CT molecular complexity index is 4970. The third-order valence-corrected chi connectivity index (χ3v) is 26.3. The summed E-state index contributed by atoms with van der Waals surface area (Å²) in [4.78, 5) is 0. The minimum atomic E-state index is 0.437. The first-order valence-electron chi connectivity index (χ1n) is 45.2. The van der Waals surface area contributed by atoms with Gasteiger partial charge in [-0.05, 0) is 247 Å². The topological polar surface area (TPSA) is 44.0 Å². The van der Waals surface area contributed by atoms with E-state index >= 15 is 0 Å². The third kappa shape index (κ3) is 16.9. The van der Waals surface area contributed by atoms with Gasteiger partial charge < -0.3 is 0 Å². The van der Waals surface area contributed by atoms with Crippen molar-refractivity contribution in [3.8, 4) is 39.7 Å². The molecule has 11 aromatic rings. The molecule has 572 valence electrons. The summed E-state index contributed by atoms with van der Waals surface area (Å²) in [7, 11) is 0. The van der Waals surface area contributed by atoms with E-state index in [1.54, 1.807) is 0 Å².